The molecule has 0 saturated carbocycles. The van der Waals surface area contributed by atoms with Gasteiger partial charge in [0.25, 0.3) is 0 Å². The molecule has 0 fully saturated rings. The molecular weight excluding hydrogens is 278 g/mol. The zero-order valence-corrected chi connectivity index (χ0v) is 12.3. The summed E-state index contributed by atoms with van der Waals surface area (Å²) >= 11 is 5.98. The van der Waals surface area contributed by atoms with E-state index in [2.05, 4.69) is 10.4 Å². The molecule has 1 aromatic heterocycles. The van der Waals surface area contributed by atoms with Crippen LogP contribution in [0.25, 0.3) is 0 Å². The first kappa shape index (κ1) is 14.7. The molecular formula is C14H18ClN3O2. The molecule has 0 bridgehead atoms. The molecule has 108 valence electrons. The Hall–Kier alpha value is -1.72. The lowest BCUT2D eigenvalue weighted by molar-refractivity contribution is 0.369. The van der Waals surface area contributed by atoms with Crippen molar-refractivity contribution in [1.29, 1.82) is 0 Å². The molecule has 0 amide bonds. The van der Waals surface area contributed by atoms with Crippen molar-refractivity contribution in [1.82, 2.24) is 15.1 Å². The summed E-state index contributed by atoms with van der Waals surface area (Å²) < 4.78 is 6.85. The number of ether oxygens (including phenoxy) is 1. The van der Waals surface area contributed by atoms with Gasteiger partial charge in [-0.3, -0.25) is 4.68 Å². The van der Waals surface area contributed by atoms with Crippen LogP contribution in [0.4, 0.5) is 0 Å². The number of halogens is 1. The number of aromatic nitrogens is 2. The van der Waals surface area contributed by atoms with Crippen molar-refractivity contribution in [3.8, 4) is 11.5 Å². The highest BCUT2D eigenvalue weighted by atomic mass is 35.5. The van der Waals surface area contributed by atoms with Crippen LogP contribution in [0.3, 0.4) is 0 Å². The monoisotopic (exact) mass is 295 g/mol. The Morgan fingerprint density at radius 1 is 1.45 bits per heavy atom. The summed E-state index contributed by atoms with van der Waals surface area (Å²) in [5.41, 5.74) is 1.90. The minimum Gasteiger partial charge on any atom is -0.504 e. The van der Waals surface area contributed by atoms with Gasteiger partial charge in [-0.25, -0.2) is 0 Å². The van der Waals surface area contributed by atoms with Crippen LogP contribution in [0.15, 0.2) is 24.5 Å². The summed E-state index contributed by atoms with van der Waals surface area (Å²) in [5, 5.41) is 17.9. The third-order valence-electron chi connectivity index (χ3n) is 3.00. The largest absolute Gasteiger partial charge is 0.504 e. The second-order valence-corrected chi connectivity index (χ2v) is 5.00. The number of nitrogens with one attached hydrogen (secondary N) is 1. The number of phenols is 1. The molecule has 2 N–H and O–H groups in total. The molecule has 0 spiro atoms. The van der Waals surface area contributed by atoms with Crippen molar-refractivity contribution in [2.45, 2.75) is 13.0 Å². The lowest BCUT2D eigenvalue weighted by Crippen LogP contribution is -2.16. The van der Waals surface area contributed by atoms with E-state index < -0.39 is 0 Å². The van der Waals surface area contributed by atoms with Crippen LogP contribution in [0, 0.1) is 0 Å². The number of nitrogens with zero attached hydrogens (tertiary/aromatic N) is 2. The van der Waals surface area contributed by atoms with Gasteiger partial charge in [0, 0.05) is 36.4 Å². The Morgan fingerprint density at radius 3 is 2.90 bits per heavy atom. The Balaban J connectivity index is 1.89. The number of rotatable bonds is 6. The van der Waals surface area contributed by atoms with Gasteiger partial charge in [0.1, 0.15) is 0 Å². The van der Waals surface area contributed by atoms with Crippen molar-refractivity contribution in [3.05, 3.63) is 40.7 Å². The van der Waals surface area contributed by atoms with Crippen LogP contribution in [0.2, 0.25) is 5.02 Å². The van der Waals surface area contributed by atoms with E-state index in [9.17, 15) is 5.11 Å². The molecule has 0 atom stereocenters. The fraction of sp³-hybridized carbons (Fsp3) is 0.357. The third kappa shape index (κ3) is 3.65. The van der Waals surface area contributed by atoms with Crippen LogP contribution in [0.1, 0.15) is 11.1 Å². The highest BCUT2D eigenvalue weighted by Crippen LogP contribution is 2.33. The molecule has 5 nitrogen and oxygen atoms in total. The first-order valence-corrected chi connectivity index (χ1v) is 6.71. The summed E-state index contributed by atoms with van der Waals surface area (Å²) in [4.78, 5) is 0. The van der Waals surface area contributed by atoms with Crippen molar-refractivity contribution >= 4 is 11.6 Å². The lowest BCUT2D eigenvalue weighted by Gasteiger charge is -2.10. The van der Waals surface area contributed by atoms with Crippen LogP contribution in [0.5, 0.6) is 11.5 Å². The van der Waals surface area contributed by atoms with E-state index in [0.717, 1.165) is 18.5 Å². The van der Waals surface area contributed by atoms with Gasteiger partial charge in [-0.15, -0.1) is 0 Å². The van der Waals surface area contributed by atoms with Crippen molar-refractivity contribution in [2.75, 3.05) is 13.7 Å². The van der Waals surface area contributed by atoms with Crippen LogP contribution in [-0.4, -0.2) is 28.5 Å². The Kier molecular flexibility index (Phi) is 4.87. The van der Waals surface area contributed by atoms with E-state index in [1.54, 1.807) is 16.8 Å². The number of hydrogen-bond acceptors (Lipinski definition) is 4. The third-order valence-corrected chi connectivity index (χ3v) is 3.22. The molecule has 2 rings (SSSR count). The molecule has 0 saturated heterocycles. The molecule has 20 heavy (non-hydrogen) atoms. The average Bonchev–Trinajstić information content (AvgIpc) is 2.83. The predicted molar refractivity (Wildman–Crippen MR) is 78.3 cm³/mol. The second-order valence-electron chi connectivity index (χ2n) is 4.56. The van der Waals surface area contributed by atoms with Gasteiger partial charge in [-0.1, -0.05) is 11.6 Å². The minimum absolute atomic E-state index is 0.130. The highest BCUT2D eigenvalue weighted by Gasteiger charge is 2.09. The van der Waals surface area contributed by atoms with E-state index in [0.29, 0.717) is 17.3 Å². The van der Waals surface area contributed by atoms with E-state index in [1.807, 2.05) is 19.4 Å². The molecule has 0 unspecified atom stereocenters. The zero-order chi connectivity index (χ0) is 14.5. The standard InChI is InChI=1S/C14H18ClN3O2/c1-18-9-10(7-17-18)3-4-16-8-11-5-12(15)6-13(20-2)14(11)19/h5-7,9,16,19H,3-4,8H2,1-2H3. The van der Waals surface area contributed by atoms with Gasteiger partial charge in [-0.05, 0) is 24.6 Å². The zero-order valence-electron chi connectivity index (χ0n) is 11.6. The quantitative estimate of drug-likeness (QED) is 0.802. The smallest absolute Gasteiger partial charge is 0.162 e. The predicted octanol–water partition coefficient (Wildman–Crippen LogP) is 2.12. The molecule has 0 aliphatic carbocycles. The van der Waals surface area contributed by atoms with Gasteiger partial charge in [0.2, 0.25) is 0 Å². The van der Waals surface area contributed by atoms with Crippen LogP contribution in [-0.2, 0) is 20.0 Å². The maximum Gasteiger partial charge on any atom is 0.162 e. The number of aryl methyl sites for hydroxylation is 1. The Labute approximate surface area is 123 Å². The van der Waals surface area contributed by atoms with Crippen molar-refractivity contribution in [3.63, 3.8) is 0 Å². The molecule has 0 radical (unpaired) electrons. The SMILES string of the molecule is COc1cc(Cl)cc(CNCCc2cnn(C)c2)c1O. The second kappa shape index (κ2) is 6.63. The summed E-state index contributed by atoms with van der Waals surface area (Å²) in [6.45, 7) is 1.32. The topological polar surface area (TPSA) is 59.3 Å². The maximum atomic E-state index is 10.00. The van der Waals surface area contributed by atoms with E-state index in [-0.39, 0.29) is 5.75 Å². The van der Waals surface area contributed by atoms with E-state index in [1.165, 1.54) is 12.7 Å². The summed E-state index contributed by atoms with van der Waals surface area (Å²) in [7, 11) is 3.40. The van der Waals surface area contributed by atoms with Crippen LogP contribution < -0.4 is 10.1 Å². The lowest BCUT2D eigenvalue weighted by atomic mass is 10.1. The minimum atomic E-state index is 0.130. The molecule has 2 aromatic rings. The number of hydrogen-bond donors (Lipinski definition) is 2. The first-order chi connectivity index (χ1) is 9.60. The number of phenolic OH excluding ortho intramolecular Hbond substituents is 1. The summed E-state index contributed by atoms with van der Waals surface area (Å²) in [6.07, 6.45) is 4.72. The fourth-order valence-corrected chi connectivity index (χ4v) is 2.21. The summed E-state index contributed by atoms with van der Waals surface area (Å²) in [6, 6.07) is 3.33. The summed E-state index contributed by atoms with van der Waals surface area (Å²) in [5.74, 6) is 0.521. The molecule has 6 heteroatoms. The molecule has 0 aliphatic rings. The molecule has 0 aliphatic heterocycles. The van der Waals surface area contributed by atoms with Gasteiger partial charge < -0.3 is 15.2 Å². The van der Waals surface area contributed by atoms with Gasteiger partial charge in [-0.2, -0.15) is 5.10 Å². The molecule has 1 aromatic carbocycles. The highest BCUT2D eigenvalue weighted by molar-refractivity contribution is 6.30. The Bertz CT molecular complexity index is 584. The van der Waals surface area contributed by atoms with E-state index in [4.69, 9.17) is 16.3 Å². The number of methoxy groups -OCH3 is 1. The van der Waals surface area contributed by atoms with Crippen molar-refractivity contribution < 1.29 is 9.84 Å². The van der Waals surface area contributed by atoms with Gasteiger partial charge in [0.05, 0.1) is 13.3 Å². The van der Waals surface area contributed by atoms with Gasteiger partial charge >= 0.3 is 0 Å². The fourth-order valence-electron chi connectivity index (χ4n) is 1.98. The number of aromatic hydroxyl groups is 1. The van der Waals surface area contributed by atoms with E-state index >= 15 is 0 Å². The van der Waals surface area contributed by atoms with Gasteiger partial charge in [0.15, 0.2) is 11.5 Å². The normalized spacial score (nSPS) is 10.8. The number of benzene rings is 1. The van der Waals surface area contributed by atoms with Crippen molar-refractivity contribution in [2.24, 2.45) is 7.05 Å². The average molecular weight is 296 g/mol. The Morgan fingerprint density at radius 2 is 2.25 bits per heavy atom. The molecule has 1 heterocycles. The first-order valence-electron chi connectivity index (χ1n) is 6.33. The maximum absolute atomic E-state index is 10.00. The van der Waals surface area contributed by atoms with Crippen LogP contribution >= 0.6 is 11.6 Å².